The van der Waals surface area contributed by atoms with E-state index in [1.54, 1.807) is 14.2 Å². The highest BCUT2D eigenvalue weighted by Crippen LogP contribution is 2.44. The van der Waals surface area contributed by atoms with Gasteiger partial charge in [0.25, 0.3) is 5.91 Å². The number of amides is 1. The van der Waals surface area contributed by atoms with Gasteiger partial charge in [0.1, 0.15) is 0 Å². The van der Waals surface area contributed by atoms with Crippen molar-refractivity contribution in [2.24, 2.45) is 0 Å². The molecule has 0 radical (unpaired) electrons. The Morgan fingerprint density at radius 1 is 1.12 bits per heavy atom. The molecule has 6 heteroatoms. The number of halogens is 2. The third kappa shape index (κ3) is 2.74. The number of carbonyl (C=O) groups is 1. The number of anilines is 1. The molecule has 0 atom stereocenters. The second-order valence-electron chi connectivity index (χ2n) is 5.31. The number of methoxy groups -OCH3 is 2. The molecule has 1 aliphatic heterocycles. The van der Waals surface area contributed by atoms with Gasteiger partial charge in [0.05, 0.1) is 25.5 Å². The van der Waals surface area contributed by atoms with Crippen LogP contribution in [0.1, 0.15) is 16.7 Å². The van der Waals surface area contributed by atoms with Crippen LogP contribution in [0.4, 0.5) is 5.69 Å². The zero-order valence-electron chi connectivity index (χ0n) is 13.4. The molecule has 1 aliphatic rings. The van der Waals surface area contributed by atoms with E-state index in [4.69, 9.17) is 9.47 Å². The maximum absolute atomic E-state index is 12.5. The fraction of sp³-hybridized carbons (Fsp3) is 0.167. The van der Waals surface area contributed by atoms with Gasteiger partial charge in [-0.25, -0.2) is 0 Å². The predicted octanol–water partition coefficient (Wildman–Crippen LogP) is 5.03. The molecule has 0 saturated carbocycles. The first-order valence-corrected chi connectivity index (χ1v) is 8.79. The fourth-order valence-electron chi connectivity index (χ4n) is 2.79. The molecule has 24 heavy (non-hydrogen) atoms. The van der Waals surface area contributed by atoms with E-state index in [-0.39, 0.29) is 5.91 Å². The molecule has 0 aliphatic carbocycles. The molecule has 2 aromatic carbocycles. The highest BCUT2D eigenvalue weighted by atomic mass is 79.9. The van der Waals surface area contributed by atoms with E-state index in [1.807, 2.05) is 37.3 Å². The Balaban J connectivity index is 2.23. The van der Waals surface area contributed by atoms with E-state index in [2.05, 4.69) is 37.2 Å². The average Bonchev–Trinajstić information content (AvgIpc) is 2.90. The van der Waals surface area contributed by atoms with Crippen molar-refractivity contribution < 1.29 is 14.3 Å². The van der Waals surface area contributed by atoms with Gasteiger partial charge >= 0.3 is 0 Å². The summed E-state index contributed by atoms with van der Waals surface area (Å²) in [6, 6.07) is 7.51. The summed E-state index contributed by atoms with van der Waals surface area (Å²) < 4.78 is 12.6. The molecule has 3 rings (SSSR count). The Hall–Kier alpha value is -1.79. The normalized spacial score (nSPS) is 14.5. The highest BCUT2D eigenvalue weighted by Gasteiger charge is 2.29. The minimum Gasteiger partial charge on any atom is -0.493 e. The molecule has 0 aromatic heterocycles. The molecule has 0 bridgehead atoms. The van der Waals surface area contributed by atoms with Gasteiger partial charge < -0.3 is 14.8 Å². The molecule has 1 N–H and O–H groups in total. The molecule has 4 nitrogen and oxygen atoms in total. The van der Waals surface area contributed by atoms with E-state index in [0.717, 1.165) is 31.3 Å². The average molecular weight is 453 g/mol. The van der Waals surface area contributed by atoms with Crippen molar-refractivity contribution >= 4 is 55.1 Å². The summed E-state index contributed by atoms with van der Waals surface area (Å²) in [5.41, 5.74) is 4.04. The first-order valence-electron chi connectivity index (χ1n) is 7.21. The molecule has 1 heterocycles. The summed E-state index contributed by atoms with van der Waals surface area (Å²) in [5, 5.41) is 2.92. The van der Waals surface area contributed by atoms with Crippen LogP contribution >= 0.6 is 31.9 Å². The van der Waals surface area contributed by atoms with E-state index < -0.39 is 0 Å². The molecular weight excluding hydrogens is 438 g/mol. The standard InChI is InChI=1S/C18H15Br2NO3/c1-9-12(19)8-13(20)16-15(9)11(18(22)21-16)7-10-5-4-6-14(23-2)17(10)24-3/h4-8H,1-3H3,(H,21,22). The molecule has 0 fully saturated rings. The summed E-state index contributed by atoms with van der Waals surface area (Å²) in [6.45, 7) is 1.98. The number of carbonyl (C=O) groups excluding carboxylic acids is 1. The number of fused-ring (bicyclic) bond motifs is 1. The molecule has 2 aromatic rings. The first kappa shape index (κ1) is 17.0. The minimum atomic E-state index is -0.142. The molecule has 0 unspecified atom stereocenters. The van der Waals surface area contributed by atoms with Gasteiger partial charge in [0.15, 0.2) is 11.5 Å². The van der Waals surface area contributed by atoms with Crippen LogP contribution in [0.3, 0.4) is 0 Å². The lowest BCUT2D eigenvalue weighted by Crippen LogP contribution is -2.04. The largest absolute Gasteiger partial charge is 0.493 e. The van der Waals surface area contributed by atoms with Gasteiger partial charge in [0, 0.05) is 20.1 Å². The molecular formula is C18H15Br2NO3. The van der Waals surface area contributed by atoms with Crippen LogP contribution in [-0.2, 0) is 4.79 Å². The number of para-hydroxylation sites is 1. The van der Waals surface area contributed by atoms with E-state index in [1.165, 1.54) is 0 Å². The van der Waals surface area contributed by atoms with E-state index in [9.17, 15) is 4.79 Å². The SMILES string of the molecule is COc1cccc(C=C2C(=O)Nc3c(Br)cc(Br)c(C)c32)c1OC. The van der Waals surface area contributed by atoms with Gasteiger partial charge in [-0.15, -0.1) is 0 Å². The predicted molar refractivity (Wildman–Crippen MR) is 103 cm³/mol. The van der Waals surface area contributed by atoms with Crippen molar-refractivity contribution in [3.05, 3.63) is 49.9 Å². The van der Waals surface area contributed by atoms with Crippen LogP contribution in [0.2, 0.25) is 0 Å². The van der Waals surface area contributed by atoms with Gasteiger partial charge in [-0.2, -0.15) is 0 Å². The highest BCUT2D eigenvalue weighted by molar-refractivity contribution is 9.11. The van der Waals surface area contributed by atoms with Crippen molar-refractivity contribution in [2.75, 3.05) is 19.5 Å². The Kier molecular flexibility index (Phi) is 4.69. The van der Waals surface area contributed by atoms with Crippen LogP contribution in [0.5, 0.6) is 11.5 Å². The van der Waals surface area contributed by atoms with Crippen LogP contribution < -0.4 is 14.8 Å². The zero-order chi connectivity index (χ0) is 17.4. The van der Waals surface area contributed by atoms with Crippen LogP contribution in [0, 0.1) is 6.92 Å². The Morgan fingerprint density at radius 2 is 1.88 bits per heavy atom. The third-order valence-corrected chi connectivity index (χ3v) is 5.41. The van der Waals surface area contributed by atoms with Crippen molar-refractivity contribution in [1.82, 2.24) is 0 Å². The second kappa shape index (κ2) is 6.61. The number of ether oxygens (including phenoxy) is 2. The van der Waals surface area contributed by atoms with Gasteiger partial charge in [-0.05, 0) is 46.6 Å². The lowest BCUT2D eigenvalue weighted by Gasteiger charge is -2.11. The summed E-state index contributed by atoms with van der Waals surface area (Å²) in [4.78, 5) is 12.5. The Bertz CT molecular complexity index is 875. The van der Waals surface area contributed by atoms with Crippen LogP contribution in [0.25, 0.3) is 11.6 Å². The quantitative estimate of drug-likeness (QED) is 0.664. The smallest absolute Gasteiger partial charge is 0.256 e. The summed E-state index contributed by atoms with van der Waals surface area (Å²) in [6.07, 6.45) is 1.83. The zero-order valence-corrected chi connectivity index (χ0v) is 16.5. The number of hydrogen-bond donors (Lipinski definition) is 1. The van der Waals surface area contributed by atoms with E-state index >= 15 is 0 Å². The van der Waals surface area contributed by atoms with Gasteiger partial charge in [-0.3, -0.25) is 4.79 Å². The Morgan fingerprint density at radius 3 is 2.54 bits per heavy atom. The van der Waals surface area contributed by atoms with Crippen molar-refractivity contribution in [2.45, 2.75) is 6.92 Å². The Labute approximate surface area is 157 Å². The van der Waals surface area contributed by atoms with Crippen molar-refractivity contribution in [3.8, 4) is 11.5 Å². The number of hydrogen-bond acceptors (Lipinski definition) is 3. The number of nitrogens with one attached hydrogen (secondary N) is 1. The molecule has 0 saturated heterocycles. The molecule has 1 amide bonds. The van der Waals surface area contributed by atoms with Crippen molar-refractivity contribution in [3.63, 3.8) is 0 Å². The number of benzene rings is 2. The fourth-order valence-corrected chi connectivity index (χ4v) is 4.05. The monoisotopic (exact) mass is 451 g/mol. The van der Waals surface area contributed by atoms with Crippen molar-refractivity contribution in [1.29, 1.82) is 0 Å². The molecule has 0 spiro atoms. The summed E-state index contributed by atoms with van der Waals surface area (Å²) >= 11 is 7.05. The van der Waals surface area contributed by atoms with E-state index in [0.29, 0.717) is 17.1 Å². The summed E-state index contributed by atoms with van der Waals surface area (Å²) in [5.74, 6) is 1.08. The number of rotatable bonds is 3. The third-order valence-electron chi connectivity index (χ3n) is 3.96. The van der Waals surface area contributed by atoms with Crippen LogP contribution in [-0.4, -0.2) is 20.1 Å². The first-order chi connectivity index (χ1) is 11.5. The maximum atomic E-state index is 12.5. The van der Waals surface area contributed by atoms with Gasteiger partial charge in [0.2, 0.25) is 0 Å². The molecule has 124 valence electrons. The lowest BCUT2D eigenvalue weighted by atomic mass is 9.99. The minimum absolute atomic E-state index is 0.142. The van der Waals surface area contributed by atoms with Gasteiger partial charge in [-0.1, -0.05) is 28.1 Å². The topological polar surface area (TPSA) is 47.6 Å². The second-order valence-corrected chi connectivity index (χ2v) is 7.02. The summed E-state index contributed by atoms with van der Waals surface area (Å²) in [7, 11) is 3.17. The lowest BCUT2D eigenvalue weighted by molar-refractivity contribution is -0.110. The van der Waals surface area contributed by atoms with Crippen LogP contribution in [0.15, 0.2) is 33.2 Å². The maximum Gasteiger partial charge on any atom is 0.256 e.